The van der Waals surface area contributed by atoms with Crippen LogP contribution in [0.2, 0.25) is 0 Å². The van der Waals surface area contributed by atoms with Gasteiger partial charge >= 0.3 is 12.0 Å². The standard InChI is InChI=1S/C19H23N5O5S.ClH/c1-2-29-16(26)8-9-20-15(25)11-21-17(27)14-12-30-19(23-14)24-18(28)22-10-13-6-4-3-5-7-13;/h3-7,12H,2,8-11H2,1H3,(H,20,25)(H,21,27)(H2,22,23,24,28);1H. The first-order valence-corrected chi connectivity index (χ1v) is 10.1. The maximum absolute atomic E-state index is 12.1. The van der Waals surface area contributed by atoms with E-state index in [9.17, 15) is 19.2 Å². The Bertz CT molecular complexity index is 878. The number of aromatic nitrogens is 1. The first kappa shape index (κ1) is 25.9. The van der Waals surface area contributed by atoms with Crippen molar-refractivity contribution in [2.75, 3.05) is 25.0 Å². The Morgan fingerprint density at radius 1 is 1.06 bits per heavy atom. The molecular weight excluding hydrogens is 446 g/mol. The molecule has 10 nitrogen and oxygen atoms in total. The molecule has 0 aliphatic heterocycles. The molecule has 4 amide bonds. The molecule has 12 heteroatoms. The molecular formula is C19H24ClN5O5S. The third-order valence-corrected chi connectivity index (χ3v) is 4.38. The number of esters is 1. The van der Waals surface area contributed by atoms with Gasteiger partial charge in [0.15, 0.2) is 5.13 Å². The third-order valence-electron chi connectivity index (χ3n) is 3.62. The number of nitrogens with zero attached hydrogens (tertiary/aromatic N) is 1. The number of urea groups is 1. The fourth-order valence-corrected chi connectivity index (χ4v) is 2.89. The fourth-order valence-electron chi connectivity index (χ4n) is 2.21. The van der Waals surface area contributed by atoms with Gasteiger partial charge in [0, 0.05) is 18.5 Å². The Kier molecular flexibility index (Phi) is 11.6. The number of hydrogen-bond acceptors (Lipinski definition) is 7. The molecule has 31 heavy (non-hydrogen) atoms. The van der Waals surface area contributed by atoms with E-state index in [1.807, 2.05) is 30.3 Å². The number of nitrogens with one attached hydrogen (secondary N) is 4. The predicted molar refractivity (Wildman–Crippen MR) is 118 cm³/mol. The molecule has 0 saturated carbocycles. The van der Waals surface area contributed by atoms with Crippen LogP contribution in [0.4, 0.5) is 9.93 Å². The highest BCUT2D eigenvalue weighted by Gasteiger charge is 2.13. The second-order valence-electron chi connectivity index (χ2n) is 5.92. The second-order valence-corrected chi connectivity index (χ2v) is 6.78. The summed E-state index contributed by atoms with van der Waals surface area (Å²) >= 11 is 1.09. The van der Waals surface area contributed by atoms with Crippen molar-refractivity contribution in [2.24, 2.45) is 0 Å². The normalized spacial score (nSPS) is 9.71. The summed E-state index contributed by atoms with van der Waals surface area (Å²) in [6.07, 6.45) is 0.0565. The number of rotatable bonds is 10. The van der Waals surface area contributed by atoms with Gasteiger partial charge in [-0.25, -0.2) is 9.78 Å². The van der Waals surface area contributed by atoms with E-state index in [2.05, 4.69) is 26.3 Å². The van der Waals surface area contributed by atoms with Crippen LogP contribution in [0.3, 0.4) is 0 Å². The van der Waals surface area contributed by atoms with Gasteiger partial charge in [0.05, 0.1) is 19.6 Å². The molecule has 0 bridgehead atoms. The molecule has 0 unspecified atom stereocenters. The smallest absolute Gasteiger partial charge is 0.321 e. The van der Waals surface area contributed by atoms with Crippen LogP contribution in [0.1, 0.15) is 29.4 Å². The Morgan fingerprint density at radius 2 is 1.81 bits per heavy atom. The van der Waals surface area contributed by atoms with Crippen molar-refractivity contribution in [2.45, 2.75) is 19.9 Å². The zero-order chi connectivity index (χ0) is 21.8. The van der Waals surface area contributed by atoms with Crippen molar-refractivity contribution in [3.05, 3.63) is 47.0 Å². The van der Waals surface area contributed by atoms with E-state index in [0.717, 1.165) is 16.9 Å². The molecule has 2 rings (SSSR count). The van der Waals surface area contributed by atoms with Crippen LogP contribution in [0.25, 0.3) is 0 Å². The van der Waals surface area contributed by atoms with Crippen molar-refractivity contribution in [3.8, 4) is 0 Å². The van der Waals surface area contributed by atoms with Gasteiger partial charge in [-0.1, -0.05) is 30.3 Å². The van der Waals surface area contributed by atoms with Crippen LogP contribution in [-0.2, 0) is 20.9 Å². The lowest BCUT2D eigenvalue weighted by Gasteiger charge is -2.06. The van der Waals surface area contributed by atoms with Crippen LogP contribution in [0.15, 0.2) is 35.7 Å². The number of benzene rings is 1. The minimum Gasteiger partial charge on any atom is -0.466 e. The number of hydrogen-bond donors (Lipinski definition) is 4. The van der Waals surface area contributed by atoms with Crippen molar-refractivity contribution in [3.63, 3.8) is 0 Å². The number of halogens is 1. The highest BCUT2D eigenvalue weighted by Crippen LogP contribution is 2.15. The topological polar surface area (TPSA) is 139 Å². The maximum Gasteiger partial charge on any atom is 0.321 e. The minimum absolute atomic E-state index is 0. The van der Waals surface area contributed by atoms with Crippen LogP contribution < -0.4 is 21.3 Å². The van der Waals surface area contributed by atoms with E-state index in [1.54, 1.807) is 6.92 Å². The quantitative estimate of drug-likeness (QED) is 0.390. The Labute approximate surface area is 189 Å². The minimum atomic E-state index is -0.551. The van der Waals surface area contributed by atoms with Gasteiger partial charge in [0.2, 0.25) is 5.91 Å². The monoisotopic (exact) mass is 469 g/mol. The van der Waals surface area contributed by atoms with Crippen LogP contribution in [0.5, 0.6) is 0 Å². The summed E-state index contributed by atoms with van der Waals surface area (Å²) in [6, 6.07) is 8.97. The Hall–Kier alpha value is -3.18. The molecule has 168 valence electrons. The predicted octanol–water partition coefficient (Wildman–Crippen LogP) is 1.69. The lowest BCUT2D eigenvalue weighted by atomic mass is 10.2. The zero-order valence-electron chi connectivity index (χ0n) is 16.8. The summed E-state index contributed by atoms with van der Waals surface area (Å²) in [6.45, 7) is 2.19. The van der Waals surface area contributed by atoms with Crippen molar-refractivity contribution >= 4 is 52.7 Å². The van der Waals surface area contributed by atoms with Crippen LogP contribution in [-0.4, -0.2) is 48.5 Å². The molecule has 0 spiro atoms. The van der Waals surface area contributed by atoms with Crippen molar-refractivity contribution < 1.29 is 23.9 Å². The molecule has 2 aromatic rings. The average molecular weight is 470 g/mol. The number of thiazole rings is 1. The number of anilines is 1. The van der Waals surface area contributed by atoms with Gasteiger partial charge in [0.1, 0.15) is 5.69 Å². The van der Waals surface area contributed by atoms with Gasteiger partial charge in [-0.2, -0.15) is 0 Å². The summed E-state index contributed by atoms with van der Waals surface area (Å²) in [7, 11) is 0. The van der Waals surface area contributed by atoms with Crippen molar-refractivity contribution in [1.29, 1.82) is 0 Å². The number of carbonyl (C=O) groups excluding carboxylic acids is 4. The molecule has 0 aliphatic rings. The summed E-state index contributed by atoms with van der Waals surface area (Å²) in [5.41, 5.74) is 1.03. The zero-order valence-corrected chi connectivity index (χ0v) is 18.4. The molecule has 0 saturated heterocycles. The van der Waals surface area contributed by atoms with Gasteiger partial charge in [-0.15, -0.1) is 23.7 Å². The maximum atomic E-state index is 12.1. The van der Waals surface area contributed by atoms with Gasteiger partial charge < -0.3 is 20.7 Å². The lowest BCUT2D eigenvalue weighted by molar-refractivity contribution is -0.143. The van der Waals surface area contributed by atoms with Crippen LogP contribution in [0, 0.1) is 0 Å². The molecule has 0 fully saturated rings. The largest absolute Gasteiger partial charge is 0.466 e. The molecule has 4 N–H and O–H groups in total. The van der Waals surface area contributed by atoms with E-state index in [4.69, 9.17) is 4.74 Å². The van der Waals surface area contributed by atoms with Gasteiger partial charge in [-0.3, -0.25) is 19.7 Å². The highest BCUT2D eigenvalue weighted by atomic mass is 35.5. The van der Waals surface area contributed by atoms with Crippen LogP contribution >= 0.6 is 23.7 Å². The number of amides is 4. The summed E-state index contributed by atoms with van der Waals surface area (Å²) in [5, 5.41) is 11.9. The van der Waals surface area contributed by atoms with E-state index >= 15 is 0 Å². The summed E-state index contributed by atoms with van der Waals surface area (Å²) < 4.78 is 4.75. The first-order chi connectivity index (χ1) is 14.5. The summed E-state index contributed by atoms with van der Waals surface area (Å²) in [4.78, 5) is 50.9. The SMILES string of the molecule is CCOC(=O)CCNC(=O)CNC(=O)c1csc(NC(=O)NCc2ccccc2)n1.Cl. The Morgan fingerprint density at radius 3 is 2.52 bits per heavy atom. The molecule has 0 radical (unpaired) electrons. The number of ether oxygens (including phenoxy) is 1. The molecule has 0 atom stereocenters. The average Bonchev–Trinajstić information content (AvgIpc) is 3.20. The van der Waals surface area contributed by atoms with E-state index in [0.29, 0.717) is 6.54 Å². The number of carbonyl (C=O) groups is 4. The molecule has 1 aromatic carbocycles. The van der Waals surface area contributed by atoms with E-state index < -0.39 is 23.8 Å². The van der Waals surface area contributed by atoms with E-state index in [1.165, 1.54) is 5.38 Å². The van der Waals surface area contributed by atoms with Gasteiger partial charge in [0.25, 0.3) is 5.91 Å². The first-order valence-electron chi connectivity index (χ1n) is 9.22. The van der Waals surface area contributed by atoms with E-state index in [-0.39, 0.29) is 49.3 Å². The molecule has 1 heterocycles. The fraction of sp³-hybridized carbons (Fsp3) is 0.316. The summed E-state index contributed by atoms with van der Waals surface area (Å²) in [5.74, 6) is -1.40. The third kappa shape index (κ3) is 9.92. The highest BCUT2D eigenvalue weighted by molar-refractivity contribution is 7.14. The molecule has 0 aliphatic carbocycles. The Balaban J connectivity index is 0.00000480. The molecule has 1 aromatic heterocycles. The van der Waals surface area contributed by atoms with Gasteiger partial charge in [-0.05, 0) is 12.5 Å². The second kappa shape index (κ2) is 13.9. The lowest BCUT2D eigenvalue weighted by Crippen LogP contribution is -2.37. The van der Waals surface area contributed by atoms with Crippen molar-refractivity contribution in [1.82, 2.24) is 20.9 Å².